The van der Waals surface area contributed by atoms with E-state index in [1.165, 1.54) is 0 Å². The molecule has 2 rings (SSSR count). The molecule has 0 amide bonds. The van der Waals surface area contributed by atoms with Crippen molar-refractivity contribution in [1.29, 1.82) is 0 Å². The van der Waals surface area contributed by atoms with E-state index in [4.69, 9.17) is 9.47 Å². The third kappa shape index (κ3) is 1.28. The van der Waals surface area contributed by atoms with Crippen molar-refractivity contribution in [2.75, 3.05) is 33.0 Å². The lowest BCUT2D eigenvalue weighted by Gasteiger charge is -2.44. The molecule has 0 aromatic rings. The normalized spacial score (nSPS) is 26.7. The van der Waals surface area contributed by atoms with Crippen LogP contribution in [0.1, 0.15) is 6.92 Å². The molecule has 2 saturated heterocycles. The van der Waals surface area contributed by atoms with Crippen LogP contribution in [0.3, 0.4) is 0 Å². The van der Waals surface area contributed by atoms with Gasteiger partial charge in [0, 0.05) is 0 Å². The largest absolute Gasteiger partial charge is 0.378 e. The lowest BCUT2D eigenvalue weighted by Crippen LogP contribution is -2.59. The first kappa shape index (κ1) is 7.53. The standard InChI is InChI=1S/C8H15NO2/c1-2-9(7-3-10-4-7)8-5-11-6-8/h7-8H,2-6H2,1H3. The molecular weight excluding hydrogens is 142 g/mol. The van der Waals surface area contributed by atoms with E-state index >= 15 is 0 Å². The summed E-state index contributed by atoms with van der Waals surface area (Å²) in [6.07, 6.45) is 0. The maximum atomic E-state index is 5.15. The van der Waals surface area contributed by atoms with Crippen molar-refractivity contribution in [2.24, 2.45) is 0 Å². The van der Waals surface area contributed by atoms with E-state index in [2.05, 4.69) is 11.8 Å². The fourth-order valence-corrected chi connectivity index (χ4v) is 1.64. The van der Waals surface area contributed by atoms with Crippen molar-refractivity contribution >= 4 is 0 Å². The zero-order chi connectivity index (χ0) is 7.68. The van der Waals surface area contributed by atoms with E-state index in [0.717, 1.165) is 33.0 Å². The Hall–Kier alpha value is -0.120. The summed E-state index contributed by atoms with van der Waals surface area (Å²) >= 11 is 0. The molecule has 2 fully saturated rings. The Kier molecular flexibility index (Phi) is 2.11. The molecule has 64 valence electrons. The highest BCUT2D eigenvalue weighted by Crippen LogP contribution is 2.18. The molecule has 0 radical (unpaired) electrons. The van der Waals surface area contributed by atoms with Crippen molar-refractivity contribution in [1.82, 2.24) is 4.90 Å². The SMILES string of the molecule is CCN(C1COC1)C1COC1. The van der Waals surface area contributed by atoms with Gasteiger partial charge < -0.3 is 9.47 Å². The predicted octanol–water partition coefficient (Wildman–Crippen LogP) is 0.106. The molecule has 0 bridgehead atoms. The molecule has 0 atom stereocenters. The average Bonchev–Trinajstić information content (AvgIpc) is 1.78. The van der Waals surface area contributed by atoms with Gasteiger partial charge in [0.2, 0.25) is 0 Å². The van der Waals surface area contributed by atoms with Crippen LogP contribution < -0.4 is 0 Å². The molecule has 3 heteroatoms. The average molecular weight is 157 g/mol. The number of likely N-dealkylation sites (N-methyl/N-ethyl adjacent to an activating group) is 1. The first-order valence-corrected chi connectivity index (χ1v) is 4.33. The van der Waals surface area contributed by atoms with Crippen LogP contribution in [0.2, 0.25) is 0 Å². The molecular formula is C8H15NO2. The number of nitrogens with zero attached hydrogens (tertiary/aromatic N) is 1. The Morgan fingerprint density at radius 3 is 1.73 bits per heavy atom. The molecule has 0 unspecified atom stereocenters. The third-order valence-corrected chi connectivity index (χ3v) is 2.54. The number of ether oxygens (including phenoxy) is 2. The zero-order valence-electron chi connectivity index (χ0n) is 6.95. The van der Waals surface area contributed by atoms with Gasteiger partial charge in [0.05, 0.1) is 38.5 Å². The van der Waals surface area contributed by atoms with Gasteiger partial charge in [-0.2, -0.15) is 0 Å². The summed E-state index contributed by atoms with van der Waals surface area (Å²) in [5.41, 5.74) is 0. The van der Waals surface area contributed by atoms with E-state index in [1.807, 2.05) is 0 Å². The summed E-state index contributed by atoms with van der Waals surface area (Å²) in [6.45, 7) is 7.02. The zero-order valence-corrected chi connectivity index (χ0v) is 6.95. The highest BCUT2D eigenvalue weighted by Gasteiger charge is 2.33. The Bertz CT molecular complexity index is 118. The number of hydrogen-bond donors (Lipinski definition) is 0. The molecule has 11 heavy (non-hydrogen) atoms. The molecule has 2 aliphatic rings. The Morgan fingerprint density at radius 2 is 1.55 bits per heavy atom. The molecule has 0 aromatic carbocycles. The van der Waals surface area contributed by atoms with Gasteiger partial charge in [-0.1, -0.05) is 6.92 Å². The summed E-state index contributed by atoms with van der Waals surface area (Å²) in [5, 5.41) is 0. The minimum Gasteiger partial charge on any atom is -0.378 e. The second-order valence-electron chi connectivity index (χ2n) is 3.21. The molecule has 2 aliphatic heterocycles. The minimum atomic E-state index is 0.675. The van der Waals surface area contributed by atoms with Crippen LogP contribution in [0.15, 0.2) is 0 Å². The van der Waals surface area contributed by atoms with Crippen molar-refractivity contribution < 1.29 is 9.47 Å². The molecule has 0 spiro atoms. The van der Waals surface area contributed by atoms with Crippen LogP contribution >= 0.6 is 0 Å². The minimum absolute atomic E-state index is 0.675. The number of hydrogen-bond acceptors (Lipinski definition) is 3. The lowest BCUT2D eigenvalue weighted by molar-refractivity contribution is -0.135. The van der Waals surface area contributed by atoms with Gasteiger partial charge in [-0.3, -0.25) is 4.90 Å². The van der Waals surface area contributed by atoms with Crippen molar-refractivity contribution in [2.45, 2.75) is 19.0 Å². The fourth-order valence-electron chi connectivity index (χ4n) is 1.64. The van der Waals surface area contributed by atoms with E-state index in [0.29, 0.717) is 12.1 Å². The molecule has 3 nitrogen and oxygen atoms in total. The smallest absolute Gasteiger partial charge is 0.0645 e. The highest BCUT2D eigenvalue weighted by molar-refractivity contribution is 4.85. The maximum absolute atomic E-state index is 5.15. The molecule has 0 aromatic heterocycles. The van der Waals surface area contributed by atoms with E-state index in [1.54, 1.807) is 0 Å². The summed E-state index contributed by atoms with van der Waals surface area (Å²) < 4.78 is 10.3. The Balaban J connectivity index is 1.83. The quantitative estimate of drug-likeness (QED) is 0.580. The summed E-state index contributed by atoms with van der Waals surface area (Å²) in [5.74, 6) is 0. The third-order valence-electron chi connectivity index (χ3n) is 2.54. The van der Waals surface area contributed by atoms with Gasteiger partial charge in [0.1, 0.15) is 0 Å². The van der Waals surface area contributed by atoms with Gasteiger partial charge in [-0.05, 0) is 6.54 Å². The Labute approximate surface area is 67.3 Å². The van der Waals surface area contributed by atoms with Crippen molar-refractivity contribution in [3.8, 4) is 0 Å². The van der Waals surface area contributed by atoms with Crippen LogP contribution in [0, 0.1) is 0 Å². The van der Waals surface area contributed by atoms with Gasteiger partial charge >= 0.3 is 0 Å². The van der Waals surface area contributed by atoms with Crippen molar-refractivity contribution in [3.05, 3.63) is 0 Å². The van der Waals surface area contributed by atoms with E-state index in [-0.39, 0.29) is 0 Å². The maximum Gasteiger partial charge on any atom is 0.0645 e. The van der Waals surface area contributed by atoms with Gasteiger partial charge in [-0.25, -0.2) is 0 Å². The summed E-state index contributed by atoms with van der Waals surface area (Å²) in [4.78, 5) is 2.49. The molecule has 2 heterocycles. The Morgan fingerprint density at radius 1 is 1.09 bits per heavy atom. The molecule has 0 aliphatic carbocycles. The monoisotopic (exact) mass is 157 g/mol. The second-order valence-corrected chi connectivity index (χ2v) is 3.21. The van der Waals surface area contributed by atoms with Gasteiger partial charge in [0.15, 0.2) is 0 Å². The summed E-state index contributed by atoms with van der Waals surface area (Å²) in [7, 11) is 0. The van der Waals surface area contributed by atoms with Crippen LogP contribution in [0.25, 0.3) is 0 Å². The van der Waals surface area contributed by atoms with Gasteiger partial charge in [0.25, 0.3) is 0 Å². The molecule has 0 saturated carbocycles. The van der Waals surface area contributed by atoms with Crippen LogP contribution in [0.4, 0.5) is 0 Å². The predicted molar refractivity (Wildman–Crippen MR) is 41.6 cm³/mol. The highest BCUT2D eigenvalue weighted by atomic mass is 16.5. The first-order chi connectivity index (χ1) is 5.42. The number of rotatable bonds is 3. The second kappa shape index (κ2) is 3.09. The summed E-state index contributed by atoms with van der Waals surface area (Å²) in [6, 6.07) is 1.35. The topological polar surface area (TPSA) is 21.7 Å². The van der Waals surface area contributed by atoms with Crippen LogP contribution in [-0.4, -0.2) is 50.0 Å². The van der Waals surface area contributed by atoms with Crippen LogP contribution in [-0.2, 0) is 9.47 Å². The van der Waals surface area contributed by atoms with Gasteiger partial charge in [-0.15, -0.1) is 0 Å². The van der Waals surface area contributed by atoms with Crippen LogP contribution in [0.5, 0.6) is 0 Å². The molecule has 0 N–H and O–H groups in total. The first-order valence-electron chi connectivity index (χ1n) is 4.33. The van der Waals surface area contributed by atoms with Crippen molar-refractivity contribution in [3.63, 3.8) is 0 Å². The fraction of sp³-hybridized carbons (Fsp3) is 1.00. The lowest BCUT2D eigenvalue weighted by atomic mass is 10.1. The van der Waals surface area contributed by atoms with E-state index in [9.17, 15) is 0 Å². The van der Waals surface area contributed by atoms with E-state index < -0.39 is 0 Å².